The monoisotopic (exact) mass is 590 g/mol. The Morgan fingerprint density at radius 3 is 2.50 bits per heavy atom. The zero-order chi connectivity index (χ0) is 29.0. The van der Waals surface area contributed by atoms with Crippen LogP contribution < -0.4 is 10.0 Å². The van der Waals surface area contributed by atoms with Crippen molar-refractivity contribution in [2.24, 2.45) is 0 Å². The van der Waals surface area contributed by atoms with Crippen molar-refractivity contribution < 1.29 is 31.5 Å². The smallest absolute Gasteiger partial charge is 0.321 e. The SMILES string of the molecule is CCCS(=O)(=O)Nc1ccc(F)c(C(=O)c2cn(COC(=O)CNC)c3ncc(-c4ccc(Cl)cc4)cc23)c1F. The van der Waals surface area contributed by atoms with E-state index in [1.54, 1.807) is 44.3 Å². The number of ketones is 1. The summed E-state index contributed by atoms with van der Waals surface area (Å²) in [6.07, 6.45) is 3.09. The molecule has 0 amide bonds. The van der Waals surface area contributed by atoms with Crippen molar-refractivity contribution in [3.8, 4) is 11.1 Å². The molecule has 0 aliphatic carbocycles. The van der Waals surface area contributed by atoms with Crippen molar-refractivity contribution in [3.63, 3.8) is 0 Å². The second kappa shape index (κ2) is 12.1. The number of hydrogen-bond acceptors (Lipinski definition) is 7. The van der Waals surface area contributed by atoms with Gasteiger partial charge in [-0.15, -0.1) is 0 Å². The minimum Gasteiger partial charge on any atom is -0.443 e. The van der Waals surface area contributed by atoms with Gasteiger partial charge in [0.2, 0.25) is 15.8 Å². The van der Waals surface area contributed by atoms with Gasteiger partial charge in [0, 0.05) is 28.4 Å². The highest BCUT2D eigenvalue weighted by molar-refractivity contribution is 7.92. The first kappa shape index (κ1) is 29.1. The summed E-state index contributed by atoms with van der Waals surface area (Å²) in [5.74, 6) is -4.44. The average Bonchev–Trinajstić information content (AvgIpc) is 3.27. The number of nitrogens with one attached hydrogen (secondary N) is 2. The number of aromatic nitrogens is 2. The van der Waals surface area contributed by atoms with Crippen molar-refractivity contribution in [1.29, 1.82) is 0 Å². The fourth-order valence-electron chi connectivity index (χ4n) is 4.05. The number of rotatable bonds is 11. The van der Waals surface area contributed by atoms with Gasteiger partial charge in [0.05, 0.1) is 29.1 Å². The van der Waals surface area contributed by atoms with E-state index in [0.29, 0.717) is 10.6 Å². The van der Waals surface area contributed by atoms with Crippen LogP contribution in [0.15, 0.2) is 54.9 Å². The van der Waals surface area contributed by atoms with Crippen LogP contribution in [-0.4, -0.2) is 49.1 Å². The van der Waals surface area contributed by atoms with E-state index >= 15 is 4.39 Å². The first-order chi connectivity index (χ1) is 19.0. The van der Waals surface area contributed by atoms with Gasteiger partial charge in [0.15, 0.2) is 12.5 Å². The molecule has 0 radical (unpaired) electrons. The zero-order valence-electron chi connectivity index (χ0n) is 21.5. The number of halogens is 3. The first-order valence-electron chi connectivity index (χ1n) is 12.1. The molecule has 2 N–H and O–H groups in total. The lowest BCUT2D eigenvalue weighted by atomic mass is 10.00. The van der Waals surface area contributed by atoms with Crippen LogP contribution in [0.5, 0.6) is 0 Å². The largest absolute Gasteiger partial charge is 0.443 e. The first-order valence-corrected chi connectivity index (χ1v) is 14.2. The number of esters is 1. The molecule has 2 aromatic carbocycles. The summed E-state index contributed by atoms with van der Waals surface area (Å²) in [5, 5.41) is 3.41. The third-order valence-corrected chi connectivity index (χ3v) is 7.61. The number of likely N-dealkylation sites (N-methyl/N-ethyl adjacent to an activating group) is 1. The summed E-state index contributed by atoms with van der Waals surface area (Å²) in [5.41, 5.74) is -0.101. The topological polar surface area (TPSA) is 119 Å². The Balaban J connectivity index is 1.83. The van der Waals surface area contributed by atoms with Gasteiger partial charge in [-0.25, -0.2) is 22.2 Å². The van der Waals surface area contributed by atoms with E-state index in [2.05, 4.69) is 15.0 Å². The molecule has 0 unspecified atom stereocenters. The molecule has 0 saturated carbocycles. The summed E-state index contributed by atoms with van der Waals surface area (Å²) < 4.78 is 63.5. The van der Waals surface area contributed by atoms with Gasteiger partial charge in [0.25, 0.3) is 0 Å². The molecule has 0 bridgehead atoms. The van der Waals surface area contributed by atoms with Crippen LogP contribution in [0.4, 0.5) is 14.5 Å². The fraction of sp³-hybridized carbons (Fsp3) is 0.222. The maximum atomic E-state index is 15.5. The number of sulfonamides is 1. The maximum Gasteiger partial charge on any atom is 0.321 e. The molecule has 4 aromatic rings. The average molecular weight is 591 g/mol. The Bertz CT molecular complexity index is 1690. The van der Waals surface area contributed by atoms with Crippen LogP contribution in [-0.2, 0) is 26.3 Å². The number of nitrogens with zero attached hydrogens (tertiary/aromatic N) is 2. The molecule has 13 heteroatoms. The van der Waals surface area contributed by atoms with E-state index in [0.717, 1.165) is 17.7 Å². The van der Waals surface area contributed by atoms with E-state index in [-0.39, 0.29) is 42.0 Å². The van der Waals surface area contributed by atoms with Crippen molar-refractivity contribution in [2.45, 2.75) is 20.1 Å². The standard InChI is InChI=1S/C27H25ClF2N4O5S/c1-3-10-40(37,38)33-22-9-8-21(29)24(25(22)30)26(36)20-14-34(15-39-23(35)13-31-2)27-19(20)11-17(12-32-27)16-4-6-18(28)7-5-16/h4-9,11-12,14,31,33H,3,10,13,15H2,1-2H3. The van der Waals surface area contributed by atoms with Crippen molar-refractivity contribution >= 4 is 50.1 Å². The zero-order valence-corrected chi connectivity index (χ0v) is 23.1. The van der Waals surface area contributed by atoms with E-state index in [1.807, 2.05) is 0 Å². The summed E-state index contributed by atoms with van der Waals surface area (Å²) in [7, 11) is -2.35. The minimum atomic E-state index is -3.92. The number of anilines is 1. The minimum absolute atomic E-state index is 0.0592. The summed E-state index contributed by atoms with van der Waals surface area (Å²) in [4.78, 5) is 30.0. The van der Waals surface area contributed by atoms with Gasteiger partial charge in [-0.1, -0.05) is 30.7 Å². The van der Waals surface area contributed by atoms with Gasteiger partial charge in [0.1, 0.15) is 11.5 Å². The molecule has 0 spiro atoms. The number of hydrogen-bond donors (Lipinski definition) is 2. The van der Waals surface area contributed by atoms with Crippen LogP contribution in [0.2, 0.25) is 5.02 Å². The number of fused-ring (bicyclic) bond motifs is 1. The molecule has 2 aromatic heterocycles. The summed E-state index contributed by atoms with van der Waals surface area (Å²) >= 11 is 5.99. The lowest BCUT2D eigenvalue weighted by Gasteiger charge is -2.11. The van der Waals surface area contributed by atoms with E-state index in [4.69, 9.17) is 16.3 Å². The van der Waals surface area contributed by atoms with Gasteiger partial charge in [-0.05, 0) is 49.4 Å². The van der Waals surface area contributed by atoms with Crippen LogP contribution in [0.1, 0.15) is 29.3 Å². The quantitative estimate of drug-likeness (QED) is 0.191. The van der Waals surface area contributed by atoms with Crippen molar-refractivity contribution in [3.05, 3.63) is 82.6 Å². The van der Waals surface area contributed by atoms with Crippen LogP contribution in [0.3, 0.4) is 0 Å². The van der Waals surface area contributed by atoms with Crippen LogP contribution in [0.25, 0.3) is 22.2 Å². The lowest BCUT2D eigenvalue weighted by Crippen LogP contribution is -2.21. The lowest BCUT2D eigenvalue weighted by molar-refractivity contribution is -0.146. The highest BCUT2D eigenvalue weighted by Gasteiger charge is 2.27. The molecular formula is C27H25ClF2N4O5S. The molecule has 210 valence electrons. The van der Waals surface area contributed by atoms with Gasteiger partial charge < -0.3 is 10.1 Å². The molecule has 4 rings (SSSR count). The number of carbonyl (C=O) groups is 2. The Labute approximate surface area is 234 Å². The van der Waals surface area contributed by atoms with E-state index in [1.165, 1.54) is 17.0 Å². The highest BCUT2D eigenvalue weighted by atomic mass is 35.5. The van der Waals surface area contributed by atoms with Crippen molar-refractivity contribution in [1.82, 2.24) is 14.9 Å². The van der Waals surface area contributed by atoms with Crippen LogP contribution >= 0.6 is 11.6 Å². The Morgan fingerprint density at radius 2 is 1.82 bits per heavy atom. The van der Waals surface area contributed by atoms with Crippen LogP contribution in [0, 0.1) is 11.6 Å². The van der Waals surface area contributed by atoms with Gasteiger partial charge in [-0.2, -0.15) is 0 Å². The molecule has 9 nitrogen and oxygen atoms in total. The predicted octanol–water partition coefficient (Wildman–Crippen LogP) is 4.74. The Hall–Kier alpha value is -3.87. The van der Waals surface area contributed by atoms with Gasteiger partial charge in [-0.3, -0.25) is 18.9 Å². The molecule has 0 atom stereocenters. The molecule has 0 aliphatic heterocycles. The van der Waals surface area contributed by atoms with E-state index < -0.39 is 44.7 Å². The predicted molar refractivity (Wildman–Crippen MR) is 148 cm³/mol. The van der Waals surface area contributed by atoms with E-state index in [9.17, 15) is 22.4 Å². The molecule has 40 heavy (non-hydrogen) atoms. The Morgan fingerprint density at radius 1 is 1.10 bits per heavy atom. The second-order valence-electron chi connectivity index (χ2n) is 8.82. The third kappa shape index (κ3) is 6.30. The number of ether oxygens (including phenoxy) is 1. The normalized spacial score (nSPS) is 11.5. The van der Waals surface area contributed by atoms with Crippen molar-refractivity contribution in [2.75, 3.05) is 24.1 Å². The highest BCUT2D eigenvalue weighted by Crippen LogP contribution is 2.31. The molecule has 0 fully saturated rings. The number of pyridine rings is 1. The summed E-state index contributed by atoms with van der Waals surface area (Å²) in [6.45, 7) is 1.25. The second-order valence-corrected chi connectivity index (χ2v) is 11.1. The molecule has 0 saturated heterocycles. The number of carbonyl (C=O) groups excluding carboxylic acids is 2. The Kier molecular flexibility index (Phi) is 8.82. The third-order valence-electron chi connectivity index (χ3n) is 5.88. The maximum absolute atomic E-state index is 15.5. The molecular weight excluding hydrogens is 566 g/mol. The fourth-order valence-corrected chi connectivity index (χ4v) is 5.31. The molecule has 0 aliphatic rings. The number of benzene rings is 2. The summed E-state index contributed by atoms with van der Waals surface area (Å²) in [6, 6.07) is 10.2. The van der Waals surface area contributed by atoms with Gasteiger partial charge >= 0.3 is 5.97 Å². The molecule has 2 heterocycles.